The molecule has 122 valence electrons. The number of amides is 1. The number of hydrogen-bond donors (Lipinski definition) is 1. The Labute approximate surface area is 143 Å². The topological polar surface area (TPSA) is 72.5 Å². The number of nitrogens with one attached hydrogen (secondary N) is 1. The molecule has 0 unspecified atom stereocenters. The van der Waals surface area contributed by atoms with Gasteiger partial charge in [-0.1, -0.05) is 6.07 Å². The van der Waals surface area contributed by atoms with Gasteiger partial charge in [0, 0.05) is 10.7 Å². The first-order chi connectivity index (χ1) is 10.8. The number of benzene rings is 2. The van der Waals surface area contributed by atoms with Crippen molar-refractivity contribution in [2.75, 3.05) is 18.2 Å². The highest BCUT2D eigenvalue weighted by molar-refractivity contribution is 9.10. The van der Waals surface area contributed by atoms with Gasteiger partial charge in [-0.05, 0) is 64.8 Å². The van der Waals surface area contributed by atoms with Gasteiger partial charge in [0.25, 0.3) is 5.91 Å². The van der Waals surface area contributed by atoms with Crippen molar-refractivity contribution in [3.8, 4) is 5.75 Å². The monoisotopic (exact) mass is 397 g/mol. The molecule has 0 fully saturated rings. The largest absolute Gasteiger partial charge is 0.484 e. The van der Waals surface area contributed by atoms with Gasteiger partial charge in [0.2, 0.25) is 0 Å². The maximum Gasteiger partial charge on any atom is 0.262 e. The number of aryl methyl sites for hydroxylation is 1. The molecule has 23 heavy (non-hydrogen) atoms. The number of halogens is 1. The molecule has 1 N–H and O–H groups in total. The van der Waals surface area contributed by atoms with E-state index in [1.165, 1.54) is 24.3 Å². The molecular formula is C16H16BrNO4S. The maximum atomic E-state index is 11.9. The quantitative estimate of drug-likeness (QED) is 0.840. The standard InChI is InChI=1S/C16H16BrNO4S/c1-11-3-8-15(14(17)9-11)18-16(19)10-22-12-4-6-13(7-5-12)23(2,20)21/h3-9H,10H2,1-2H3,(H,18,19). The number of sulfone groups is 1. The molecular weight excluding hydrogens is 382 g/mol. The third-order valence-corrected chi connectivity index (χ3v) is 4.81. The molecule has 0 aromatic heterocycles. The van der Waals surface area contributed by atoms with E-state index in [9.17, 15) is 13.2 Å². The predicted molar refractivity (Wildman–Crippen MR) is 92.6 cm³/mol. The fourth-order valence-electron chi connectivity index (χ4n) is 1.84. The first kappa shape index (κ1) is 17.5. The van der Waals surface area contributed by atoms with Gasteiger partial charge in [0.1, 0.15) is 5.75 Å². The Kier molecular flexibility index (Phi) is 5.43. The summed E-state index contributed by atoms with van der Waals surface area (Å²) in [6, 6.07) is 11.5. The number of hydrogen-bond acceptors (Lipinski definition) is 4. The lowest BCUT2D eigenvalue weighted by Gasteiger charge is -2.09. The van der Waals surface area contributed by atoms with E-state index >= 15 is 0 Å². The van der Waals surface area contributed by atoms with E-state index in [0.717, 1.165) is 16.3 Å². The fraction of sp³-hybridized carbons (Fsp3) is 0.188. The van der Waals surface area contributed by atoms with Crippen LogP contribution in [0.2, 0.25) is 0 Å². The Hall–Kier alpha value is -1.86. The Morgan fingerprint density at radius 1 is 1.17 bits per heavy atom. The summed E-state index contributed by atoms with van der Waals surface area (Å²) in [6.07, 6.45) is 1.13. The van der Waals surface area contributed by atoms with Gasteiger partial charge < -0.3 is 10.1 Å². The normalized spacial score (nSPS) is 11.1. The first-order valence-electron chi connectivity index (χ1n) is 6.74. The van der Waals surface area contributed by atoms with Crippen molar-refractivity contribution in [2.24, 2.45) is 0 Å². The number of carbonyl (C=O) groups is 1. The van der Waals surface area contributed by atoms with Gasteiger partial charge in [0.15, 0.2) is 16.4 Å². The number of carbonyl (C=O) groups excluding carboxylic acids is 1. The van der Waals surface area contributed by atoms with E-state index in [2.05, 4.69) is 21.2 Å². The molecule has 0 atom stereocenters. The molecule has 0 bridgehead atoms. The van der Waals surface area contributed by atoms with E-state index in [4.69, 9.17) is 4.74 Å². The van der Waals surface area contributed by atoms with Crippen LogP contribution in [0, 0.1) is 6.92 Å². The lowest BCUT2D eigenvalue weighted by molar-refractivity contribution is -0.118. The second-order valence-electron chi connectivity index (χ2n) is 5.06. The van der Waals surface area contributed by atoms with Gasteiger partial charge in [-0.3, -0.25) is 4.79 Å². The van der Waals surface area contributed by atoms with Crippen LogP contribution in [0.25, 0.3) is 0 Å². The lowest BCUT2D eigenvalue weighted by atomic mass is 10.2. The predicted octanol–water partition coefficient (Wildman–Crippen LogP) is 3.18. The molecule has 0 heterocycles. The highest BCUT2D eigenvalue weighted by atomic mass is 79.9. The van der Waals surface area contributed by atoms with Crippen molar-refractivity contribution in [3.05, 3.63) is 52.5 Å². The van der Waals surface area contributed by atoms with E-state index in [0.29, 0.717) is 11.4 Å². The third kappa shape index (κ3) is 5.07. The average Bonchev–Trinajstić information content (AvgIpc) is 2.47. The van der Waals surface area contributed by atoms with Gasteiger partial charge in [0.05, 0.1) is 10.6 Å². The zero-order valence-electron chi connectivity index (χ0n) is 12.7. The van der Waals surface area contributed by atoms with Crippen molar-refractivity contribution < 1.29 is 17.9 Å². The minimum Gasteiger partial charge on any atom is -0.484 e. The van der Waals surface area contributed by atoms with Crippen LogP contribution in [0.15, 0.2) is 51.8 Å². The SMILES string of the molecule is Cc1ccc(NC(=O)COc2ccc(S(C)(=O)=O)cc2)c(Br)c1. The van der Waals surface area contributed by atoms with E-state index in [-0.39, 0.29) is 17.4 Å². The van der Waals surface area contributed by atoms with Crippen LogP contribution < -0.4 is 10.1 Å². The van der Waals surface area contributed by atoms with E-state index < -0.39 is 9.84 Å². The van der Waals surface area contributed by atoms with Crippen LogP contribution in [0.3, 0.4) is 0 Å². The Bertz CT molecular complexity index is 816. The molecule has 0 aliphatic rings. The van der Waals surface area contributed by atoms with Crippen molar-refractivity contribution in [1.29, 1.82) is 0 Å². The Morgan fingerprint density at radius 3 is 2.39 bits per heavy atom. The molecule has 0 aliphatic heterocycles. The molecule has 7 heteroatoms. The van der Waals surface area contributed by atoms with Gasteiger partial charge in [-0.25, -0.2) is 8.42 Å². The maximum absolute atomic E-state index is 11.9. The highest BCUT2D eigenvalue weighted by Crippen LogP contribution is 2.23. The minimum atomic E-state index is -3.24. The van der Waals surface area contributed by atoms with Crippen LogP contribution in [-0.2, 0) is 14.6 Å². The second-order valence-corrected chi connectivity index (χ2v) is 7.93. The van der Waals surface area contributed by atoms with Crippen molar-refractivity contribution in [1.82, 2.24) is 0 Å². The van der Waals surface area contributed by atoms with Crippen molar-refractivity contribution in [2.45, 2.75) is 11.8 Å². The number of ether oxygens (including phenoxy) is 1. The summed E-state index contributed by atoms with van der Waals surface area (Å²) >= 11 is 3.39. The van der Waals surface area contributed by atoms with Crippen LogP contribution in [0.5, 0.6) is 5.75 Å². The van der Waals surface area contributed by atoms with Crippen molar-refractivity contribution >= 4 is 37.4 Å². The van der Waals surface area contributed by atoms with Gasteiger partial charge in [-0.15, -0.1) is 0 Å². The molecule has 0 aliphatic carbocycles. The number of rotatable bonds is 5. The summed E-state index contributed by atoms with van der Waals surface area (Å²) < 4.78 is 28.9. The minimum absolute atomic E-state index is 0.168. The molecule has 5 nitrogen and oxygen atoms in total. The van der Waals surface area contributed by atoms with Crippen LogP contribution >= 0.6 is 15.9 Å². The second kappa shape index (κ2) is 7.14. The van der Waals surface area contributed by atoms with Crippen LogP contribution in [0.1, 0.15) is 5.56 Å². The van der Waals surface area contributed by atoms with Gasteiger partial charge >= 0.3 is 0 Å². The molecule has 0 saturated heterocycles. The molecule has 2 rings (SSSR count). The van der Waals surface area contributed by atoms with E-state index in [1.807, 2.05) is 19.1 Å². The molecule has 1 amide bonds. The van der Waals surface area contributed by atoms with Gasteiger partial charge in [-0.2, -0.15) is 0 Å². The molecule has 2 aromatic rings. The van der Waals surface area contributed by atoms with Crippen molar-refractivity contribution in [3.63, 3.8) is 0 Å². The summed E-state index contributed by atoms with van der Waals surface area (Å²) in [5.74, 6) is 0.122. The van der Waals surface area contributed by atoms with Crippen LogP contribution in [-0.4, -0.2) is 27.2 Å². The smallest absolute Gasteiger partial charge is 0.262 e. The summed E-state index contributed by atoms with van der Waals surface area (Å²) in [5.41, 5.74) is 1.74. The Morgan fingerprint density at radius 2 is 1.83 bits per heavy atom. The summed E-state index contributed by atoms with van der Waals surface area (Å²) in [6.45, 7) is 1.79. The zero-order valence-corrected chi connectivity index (χ0v) is 15.1. The Balaban J connectivity index is 1.94. The first-order valence-corrected chi connectivity index (χ1v) is 9.43. The number of anilines is 1. The lowest BCUT2D eigenvalue weighted by Crippen LogP contribution is -2.20. The highest BCUT2D eigenvalue weighted by Gasteiger charge is 2.09. The average molecular weight is 398 g/mol. The van der Waals surface area contributed by atoms with E-state index in [1.54, 1.807) is 6.07 Å². The zero-order chi connectivity index (χ0) is 17.0. The molecule has 0 saturated carbocycles. The summed E-state index contributed by atoms with van der Waals surface area (Å²) in [4.78, 5) is 12.1. The fourth-order valence-corrected chi connectivity index (χ4v) is 3.06. The summed E-state index contributed by atoms with van der Waals surface area (Å²) in [5, 5.41) is 2.74. The third-order valence-electron chi connectivity index (χ3n) is 3.02. The summed E-state index contributed by atoms with van der Waals surface area (Å²) in [7, 11) is -3.24. The molecule has 2 aromatic carbocycles. The molecule has 0 radical (unpaired) electrons. The molecule has 0 spiro atoms. The van der Waals surface area contributed by atoms with Crippen LogP contribution in [0.4, 0.5) is 5.69 Å².